The lowest BCUT2D eigenvalue weighted by Gasteiger charge is -2.35. The molecule has 5 nitrogen and oxygen atoms in total. The molecule has 5 heteroatoms. The predicted octanol–water partition coefficient (Wildman–Crippen LogP) is 2.46. The highest BCUT2D eigenvalue weighted by atomic mass is 16.5. The second-order valence-electron chi connectivity index (χ2n) is 6.95. The van der Waals surface area contributed by atoms with Crippen molar-refractivity contribution in [2.45, 2.75) is 19.8 Å². The number of piperazine rings is 1. The molecule has 2 aromatic rings. The fourth-order valence-electron chi connectivity index (χ4n) is 3.27. The molecule has 0 spiro atoms. The molecule has 3 rings (SSSR count). The molecule has 0 atom stereocenters. The maximum Gasteiger partial charge on any atom is 0.227 e. The van der Waals surface area contributed by atoms with Gasteiger partial charge in [0, 0.05) is 26.2 Å². The summed E-state index contributed by atoms with van der Waals surface area (Å²) in [7, 11) is 1.62. The van der Waals surface area contributed by atoms with E-state index in [0.717, 1.165) is 16.9 Å². The number of aryl methyl sites for hydroxylation is 1. The molecule has 1 aliphatic rings. The van der Waals surface area contributed by atoms with Gasteiger partial charge in [0.2, 0.25) is 11.8 Å². The van der Waals surface area contributed by atoms with E-state index in [1.165, 1.54) is 5.56 Å². The molecule has 1 heterocycles. The zero-order valence-corrected chi connectivity index (χ0v) is 16.0. The normalized spacial score (nSPS) is 14.1. The van der Waals surface area contributed by atoms with Crippen LogP contribution in [0.25, 0.3) is 0 Å². The fraction of sp³-hybridized carbons (Fsp3) is 0.364. The molecule has 0 aromatic heterocycles. The Morgan fingerprint density at radius 1 is 0.852 bits per heavy atom. The molecule has 27 heavy (non-hydrogen) atoms. The molecule has 1 aliphatic heterocycles. The maximum atomic E-state index is 12.5. The largest absolute Gasteiger partial charge is 0.497 e. The number of nitrogens with zero attached hydrogens (tertiary/aromatic N) is 2. The molecule has 142 valence electrons. The molecule has 2 aromatic carbocycles. The van der Waals surface area contributed by atoms with Crippen LogP contribution in [0, 0.1) is 6.92 Å². The number of ether oxygens (including phenoxy) is 1. The van der Waals surface area contributed by atoms with E-state index in [9.17, 15) is 9.59 Å². The summed E-state index contributed by atoms with van der Waals surface area (Å²) < 4.78 is 5.21. The Balaban J connectivity index is 1.49. The van der Waals surface area contributed by atoms with Crippen LogP contribution in [0.3, 0.4) is 0 Å². The van der Waals surface area contributed by atoms with Crippen LogP contribution in [0.15, 0.2) is 48.5 Å². The quantitative estimate of drug-likeness (QED) is 0.817. The molecule has 0 saturated carbocycles. The van der Waals surface area contributed by atoms with Crippen molar-refractivity contribution in [1.82, 2.24) is 9.80 Å². The lowest BCUT2D eigenvalue weighted by Crippen LogP contribution is -2.51. The minimum absolute atomic E-state index is 0.0916. The minimum atomic E-state index is 0.0916. The number of methoxy groups -OCH3 is 1. The zero-order chi connectivity index (χ0) is 19.2. The number of hydrogen-bond acceptors (Lipinski definition) is 3. The fourth-order valence-corrected chi connectivity index (χ4v) is 3.27. The van der Waals surface area contributed by atoms with Crippen LogP contribution in [-0.4, -0.2) is 54.9 Å². The number of hydrogen-bond donors (Lipinski definition) is 0. The van der Waals surface area contributed by atoms with Gasteiger partial charge in [0.15, 0.2) is 0 Å². The molecule has 1 saturated heterocycles. The number of rotatable bonds is 5. The summed E-state index contributed by atoms with van der Waals surface area (Å²) in [6, 6.07) is 15.6. The van der Waals surface area contributed by atoms with Crippen molar-refractivity contribution in [2.24, 2.45) is 0 Å². The van der Waals surface area contributed by atoms with Gasteiger partial charge in [-0.05, 0) is 30.2 Å². The summed E-state index contributed by atoms with van der Waals surface area (Å²) in [6.45, 7) is 4.39. The van der Waals surface area contributed by atoms with Crippen LogP contribution >= 0.6 is 0 Å². The van der Waals surface area contributed by atoms with Gasteiger partial charge < -0.3 is 14.5 Å². The smallest absolute Gasteiger partial charge is 0.227 e. The second-order valence-corrected chi connectivity index (χ2v) is 6.95. The van der Waals surface area contributed by atoms with Crippen LogP contribution in [0.5, 0.6) is 5.75 Å². The highest BCUT2D eigenvalue weighted by Crippen LogP contribution is 2.15. The highest BCUT2D eigenvalue weighted by molar-refractivity contribution is 5.81. The van der Waals surface area contributed by atoms with E-state index in [1.54, 1.807) is 7.11 Å². The third kappa shape index (κ3) is 5.09. The monoisotopic (exact) mass is 366 g/mol. The van der Waals surface area contributed by atoms with Gasteiger partial charge in [0.1, 0.15) is 5.75 Å². The third-order valence-electron chi connectivity index (χ3n) is 4.95. The van der Waals surface area contributed by atoms with E-state index < -0.39 is 0 Å². The van der Waals surface area contributed by atoms with Crippen molar-refractivity contribution in [2.75, 3.05) is 33.3 Å². The Hall–Kier alpha value is -2.82. The van der Waals surface area contributed by atoms with Gasteiger partial charge in [-0.3, -0.25) is 9.59 Å². The average Bonchev–Trinajstić information content (AvgIpc) is 2.70. The SMILES string of the molecule is COc1cccc(CC(=O)N2CCN(C(=O)Cc3ccc(C)cc3)CC2)c1. The summed E-state index contributed by atoms with van der Waals surface area (Å²) in [5, 5.41) is 0. The van der Waals surface area contributed by atoms with Crippen molar-refractivity contribution in [3.05, 3.63) is 65.2 Å². The van der Waals surface area contributed by atoms with E-state index >= 15 is 0 Å². The van der Waals surface area contributed by atoms with Crippen LogP contribution in [0.1, 0.15) is 16.7 Å². The first-order chi connectivity index (χ1) is 13.0. The van der Waals surface area contributed by atoms with Gasteiger partial charge in [0.25, 0.3) is 0 Å². The summed E-state index contributed by atoms with van der Waals surface area (Å²) in [5.74, 6) is 0.972. The van der Waals surface area contributed by atoms with E-state index in [-0.39, 0.29) is 11.8 Å². The first-order valence-corrected chi connectivity index (χ1v) is 9.29. The Labute approximate surface area is 160 Å². The van der Waals surface area contributed by atoms with E-state index in [2.05, 4.69) is 0 Å². The van der Waals surface area contributed by atoms with Crippen molar-refractivity contribution in [1.29, 1.82) is 0 Å². The number of amides is 2. The minimum Gasteiger partial charge on any atom is -0.497 e. The lowest BCUT2D eigenvalue weighted by atomic mass is 10.1. The first kappa shape index (κ1) is 19.0. The van der Waals surface area contributed by atoms with Gasteiger partial charge in [-0.1, -0.05) is 42.0 Å². The summed E-state index contributed by atoms with van der Waals surface area (Å²) in [4.78, 5) is 28.7. The second kappa shape index (κ2) is 8.71. The zero-order valence-electron chi connectivity index (χ0n) is 16.0. The topological polar surface area (TPSA) is 49.9 Å². The molecule has 1 fully saturated rings. The molecule has 0 bridgehead atoms. The van der Waals surface area contributed by atoms with E-state index in [0.29, 0.717) is 39.0 Å². The van der Waals surface area contributed by atoms with Crippen molar-refractivity contribution >= 4 is 11.8 Å². The summed E-state index contributed by atoms with van der Waals surface area (Å²) >= 11 is 0. The van der Waals surface area contributed by atoms with E-state index in [1.807, 2.05) is 65.3 Å². The van der Waals surface area contributed by atoms with Crippen molar-refractivity contribution in [3.8, 4) is 5.75 Å². The number of carbonyl (C=O) groups is 2. The predicted molar refractivity (Wildman–Crippen MR) is 105 cm³/mol. The molecule has 0 N–H and O–H groups in total. The molecular formula is C22H26N2O3. The first-order valence-electron chi connectivity index (χ1n) is 9.29. The molecule has 0 aliphatic carbocycles. The van der Waals surface area contributed by atoms with Gasteiger partial charge in [0.05, 0.1) is 20.0 Å². The number of carbonyl (C=O) groups excluding carboxylic acids is 2. The Bertz CT molecular complexity index is 793. The van der Waals surface area contributed by atoms with Crippen LogP contribution < -0.4 is 4.74 Å². The van der Waals surface area contributed by atoms with Crippen molar-refractivity contribution < 1.29 is 14.3 Å². The number of benzene rings is 2. The molecule has 2 amide bonds. The molecule has 0 unspecified atom stereocenters. The third-order valence-corrected chi connectivity index (χ3v) is 4.95. The molecule has 0 radical (unpaired) electrons. The average molecular weight is 366 g/mol. The summed E-state index contributed by atoms with van der Waals surface area (Å²) in [5.41, 5.74) is 3.16. The van der Waals surface area contributed by atoms with Crippen LogP contribution in [0.4, 0.5) is 0 Å². The summed E-state index contributed by atoms with van der Waals surface area (Å²) in [6.07, 6.45) is 0.770. The highest BCUT2D eigenvalue weighted by Gasteiger charge is 2.24. The lowest BCUT2D eigenvalue weighted by molar-refractivity contribution is -0.138. The van der Waals surface area contributed by atoms with Gasteiger partial charge in [-0.25, -0.2) is 0 Å². The standard InChI is InChI=1S/C22H26N2O3/c1-17-6-8-18(9-7-17)15-21(25)23-10-12-24(13-11-23)22(26)16-19-4-3-5-20(14-19)27-2/h3-9,14H,10-13,15-16H2,1-2H3. The van der Waals surface area contributed by atoms with Crippen LogP contribution in [-0.2, 0) is 22.4 Å². The molecular weight excluding hydrogens is 340 g/mol. The Morgan fingerprint density at radius 3 is 1.96 bits per heavy atom. The van der Waals surface area contributed by atoms with Crippen LogP contribution in [0.2, 0.25) is 0 Å². The van der Waals surface area contributed by atoms with Crippen molar-refractivity contribution in [3.63, 3.8) is 0 Å². The van der Waals surface area contributed by atoms with Gasteiger partial charge in [-0.15, -0.1) is 0 Å². The Kier molecular flexibility index (Phi) is 6.12. The van der Waals surface area contributed by atoms with E-state index in [4.69, 9.17) is 4.74 Å². The Morgan fingerprint density at radius 2 is 1.41 bits per heavy atom. The van der Waals surface area contributed by atoms with Gasteiger partial charge >= 0.3 is 0 Å². The van der Waals surface area contributed by atoms with Gasteiger partial charge in [-0.2, -0.15) is 0 Å². The maximum absolute atomic E-state index is 12.5.